The fourth-order valence-corrected chi connectivity index (χ4v) is 5.28. The number of ketones is 1. The zero-order valence-electron chi connectivity index (χ0n) is 16.8. The van der Waals surface area contributed by atoms with Crippen LogP contribution in [-0.2, 0) is 4.79 Å². The van der Waals surface area contributed by atoms with Gasteiger partial charge in [-0.1, -0.05) is 35.9 Å². The van der Waals surface area contributed by atoms with Gasteiger partial charge in [0.25, 0.3) is 0 Å². The van der Waals surface area contributed by atoms with E-state index in [4.69, 9.17) is 4.98 Å². The van der Waals surface area contributed by atoms with Crippen LogP contribution in [0.25, 0.3) is 10.3 Å². The second-order valence-corrected chi connectivity index (χ2v) is 9.14. The minimum absolute atomic E-state index is 0.000290. The van der Waals surface area contributed by atoms with E-state index in [0.717, 1.165) is 27.9 Å². The van der Waals surface area contributed by atoms with Crippen molar-refractivity contribution in [2.75, 3.05) is 29.1 Å². The van der Waals surface area contributed by atoms with Gasteiger partial charge < -0.3 is 10.2 Å². The van der Waals surface area contributed by atoms with Crippen LogP contribution in [0, 0.1) is 0 Å². The molecule has 3 aromatic rings. The monoisotopic (exact) mass is 441 g/mol. The van der Waals surface area contributed by atoms with Gasteiger partial charge in [-0.05, 0) is 44.0 Å². The van der Waals surface area contributed by atoms with E-state index in [-0.39, 0.29) is 17.4 Å². The van der Waals surface area contributed by atoms with Gasteiger partial charge >= 0.3 is 0 Å². The summed E-state index contributed by atoms with van der Waals surface area (Å²) in [4.78, 5) is 39.5. The summed E-state index contributed by atoms with van der Waals surface area (Å²) in [6.45, 7) is 3.57. The number of nitrogens with zero attached hydrogens (tertiary/aromatic N) is 4. The average molecular weight is 442 g/mol. The van der Waals surface area contributed by atoms with Crippen molar-refractivity contribution in [3.63, 3.8) is 0 Å². The smallest absolute Gasteiger partial charge is 0.234 e. The van der Waals surface area contributed by atoms with Crippen LogP contribution in [0.1, 0.15) is 43.0 Å². The molecule has 0 bridgehead atoms. The van der Waals surface area contributed by atoms with E-state index >= 15 is 0 Å². The second kappa shape index (κ2) is 9.53. The van der Waals surface area contributed by atoms with Gasteiger partial charge in [0.05, 0.1) is 5.75 Å². The number of rotatable bonds is 6. The number of fused-ring (bicyclic) bond motifs is 1. The molecule has 0 aliphatic carbocycles. The van der Waals surface area contributed by atoms with Crippen LogP contribution in [0.15, 0.2) is 35.6 Å². The molecule has 4 rings (SSSR count). The number of anilines is 2. The highest BCUT2D eigenvalue weighted by atomic mass is 32.2. The number of aromatic nitrogens is 3. The molecule has 1 amide bonds. The van der Waals surface area contributed by atoms with E-state index in [1.54, 1.807) is 35.6 Å². The Kier molecular flexibility index (Phi) is 6.59. The van der Waals surface area contributed by atoms with Gasteiger partial charge in [0.2, 0.25) is 5.91 Å². The molecule has 0 spiro atoms. The molecule has 1 aliphatic heterocycles. The Morgan fingerprint density at radius 1 is 1.10 bits per heavy atom. The summed E-state index contributed by atoms with van der Waals surface area (Å²) < 4.78 is 0.931. The molecule has 2 aromatic heterocycles. The van der Waals surface area contributed by atoms with Gasteiger partial charge in [-0.2, -0.15) is 4.98 Å². The maximum atomic E-state index is 12.4. The molecule has 3 heterocycles. The number of hydrogen-bond acceptors (Lipinski definition) is 8. The summed E-state index contributed by atoms with van der Waals surface area (Å²) in [6, 6.07) is 6.89. The topological polar surface area (TPSA) is 88.1 Å². The van der Waals surface area contributed by atoms with Crippen LogP contribution in [0.3, 0.4) is 0 Å². The molecular weight excluding hydrogens is 418 g/mol. The summed E-state index contributed by atoms with van der Waals surface area (Å²) >= 11 is 2.99. The number of benzene rings is 1. The standard InChI is InChI=1S/C21H23N5O2S2/c1-14(27)15-6-8-16(9-7-15)24-17(28)12-29-20-18-19(22-13-23-20)25-21(30-18)26-10-4-2-3-5-11-26/h6-9,13H,2-5,10-12H2,1H3,(H,24,28). The van der Waals surface area contributed by atoms with Crippen molar-refractivity contribution in [2.24, 2.45) is 0 Å². The SMILES string of the molecule is CC(=O)c1ccc(NC(=O)CSc2ncnc3nc(N4CCCCCC4)sc23)cc1. The predicted molar refractivity (Wildman–Crippen MR) is 122 cm³/mol. The quantitative estimate of drug-likeness (QED) is 0.344. The molecule has 0 atom stereocenters. The fourth-order valence-electron chi connectivity index (χ4n) is 3.34. The van der Waals surface area contributed by atoms with Crippen LogP contribution in [0.4, 0.5) is 10.8 Å². The van der Waals surface area contributed by atoms with Crippen molar-refractivity contribution in [3.8, 4) is 0 Å². The molecule has 0 saturated carbocycles. The molecule has 1 N–H and O–H groups in total. The van der Waals surface area contributed by atoms with Crippen LogP contribution < -0.4 is 10.2 Å². The Labute approximate surface area is 183 Å². The van der Waals surface area contributed by atoms with Crippen molar-refractivity contribution in [3.05, 3.63) is 36.2 Å². The molecule has 156 valence electrons. The van der Waals surface area contributed by atoms with E-state index in [1.165, 1.54) is 50.7 Å². The minimum atomic E-state index is -0.125. The lowest BCUT2D eigenvalue weighted by molar-refractivity contribution is -0.113. The normalized spacial score (nSPS) is 14.5. The Morgan fingerprint density at radius 3 is 2.53 bits per heavy atom. The van der Waals surface area contributed by atoms with E-state index in [1.807, 2.05) is 0 Å². The average Bonchev–Trinajstić information content (AvgIpc) is 2.99. The van der Waals surface area contributed by atoms with Crippen molar-refractivity contribution >= 4 is 56.0 Å². The molecule has 0 unspecified atom stereocenters. The molecule has 1 saturated heterocycles. The molecule has 30 heavy (non-hydrogen) atoms. The first-order valence-electron chi connectivity index (χ1n) is 10.0. The van der Waals surface area contributed by atoms with Crippen molar-refractivity contribution < 1.29 is 9.59 Å². The zero-order chi connectivity index (χ0) is 20.9. The Hall–Kier alpha value is -2.52. The first-order chi connectivity index (χ1) is 14.6. The number of carbonyl (C=O) groups is 2. The van der Waals surface area contributed by atoms with Crippen LogP contribution in [0.2, 0.25) is 0 Å². The number of hydrogen-bond donors (Lipinski definition) is 1. The highest BCUT2D eigenvalue weighted by molar-refractivity contribution is 8.00. The lowest BCUT2D eigenvalue weighted by Gasteiger charge is -2.18. The van der Waals surface area contributed by atoms with E-state index in [9.17, 15) is 9.59 Å². The first kappa shape index (κ1) is 20.7. The summed E-state index contributed by atoms with van der Waals surface area (Å²) in [5.74, 6) is 0.109. The number of thioether (sulfide) groups is 1. The Morgan fingerprint density at radius 2 is 1.83 bits per heavy atom. The molecule has 1 aliphatic rings. The van der Waals surface area contributed by atoms with Gasteiger partial charge in [-0.3, -0.25) is 9.59 Å². The van der Waals surface area contributed by atoms with Gasteiger partial charge in [-0.15, -0.1) is 0 Å². The third kappa shape index (κ3) is 4.96. The largest absolute Gasteiger partial charge is 0.348 e. The van der Waals surface area contributed by atoms with Crippen LogP contribution >= 0.6 is 23.1 Å². The lowest BCUT2D eigenvalue weighted by atomic mass is 10.1. The van der Waals surface area contributed by atoms with Crippen LogP contribution in [-0.4, -0.2) is 45.5 Å². The molecule has 7 nitrogen and oxygen atoms in total. The Balaban J connectivity index is 1.41. The zero-order valence-corrected chi connectivity index (χ0v) is 18.4. The number of amides is 1. The van der Waals surface area contributed by atoms with Gasteiger partial charge in [-0.25, -0.2) is 9.97 Å². The first-order valence-corrected chi connectivity index (χ1v) is 11.8. The number of Topliss-reactive ketones (excluding diaryl/α,β-unsaturated/α-hetero) is 1. The van der Waals surface area contributed by atoms with E-state index in [0.29, 0.717) is 16.9 Å². The fraction of sp³-hybridized carbons (Fsp3) is 0.381. The summed E-state index contributed by atoms with van der Waals surface area (Å²) in [5, 5.41) is 4.62. The van der Waals surface area contributed by atoms with E-state index in [2.05, 4.69) is 20.2 Å². The number of carbonyl (C=O) groups excluding carboxylic acids is 2. The van der Waals surface area contributed by atoms with Gasteiger partial charge in [0.15, 0.2) is 16.6 Å². The summed E-state index contributed by atoms with van der Waals surface area (Å²) in [5.41, 5.74) is 1.98. The highest BCUT2D eigenvalue weighted by Gasteiger charge is 2.18. The van der Waals surface area contributed by atoms with Gasteiger partial charge in [0, 0.05) is 24.3 Å². The molecule has 1 aromatic carbocycles. The lowest BCUT2D eigenvalue weighted by Crippen LogP contribution is -2.23. The van der Waals surface area contributed by atoms with Gasteiger partial charge in [0.1, 0.15) is 16.1 Å². The maximum Gasteiger partial charge on any atom is 0.234 e. The van der Waals surface area contributed by atoms with Crippen molar-refractivity contribution in [2.45, 2.75) is 37.6 Å². The predicted octanol–water partition coefficient (Wildman–Crippen LogP) is 4.40. The third-order valence-corrected chi connectivity index (χ3v) is 7.17. The third-order valence-electron chi connectivity index (χ3n) is 4.94. The Bertz CT molecular complexity index is 1040. The molecule has 1 fully saturated rings. The highest BCUT2D eigenvalue weighted by Crippen LogP contribution is 2.34. The maximum absolute atomic E-state index is 12.4. The summed E-state index contributed by atoms with van der Waals surface area (Å²) in [7, 11) is 0. The molecular formula is C21H23N5O2S2. The van der Waals surface area contributed by atoms with E-state index < -0.39 is 0 Å². The van der Waals surface area contributed by atoms with Crippen molar-refractivity contribution in [1.29, 1.82) is 0 Å². The van der Waals surface area contributed by atoms with Crippen molar-refractivity contribution in [1.82, 2.24) is 15.0 Å². The number of thiazole rings is 1. The second-order valence-electron chi connectivity index (χ2n) is 7.20. The minimum Gasteiger partial charge on any atom is -0.348 e. The number of nitrogens with one attached hydrogen (secondary N) is 1. The van der Waals surface area contributed by atoms with Crippen LogP contribution in [0.5, 0.6) is 0 Å². The molecule has 0 radical (unpaired) electrons. The molecule has 9 heteroatoms. The summed E-state index contributed by atoms with van der Waals surface area (Å²) in [6.07, 6.45) is 6.44.